The molecule has 0 aromatic heterocycles. The zero-order valence-corrected chi connectivity index (χ0v) is 36.2. The van der Waals surface area contributed by atoms with E-state index in [2.05, 4.69) is 74.6 Å². The molecule has 1 fully saturated rings. The number of phosphoric acid groups is 1. The van der Waals surface area contributed by atoms with Gasteiger partial charge < -0.3 is 39.9 Å². The van der Waals surface area contributed by atoms with Crippen LogP contribution in [0.2, 0.25) is 0 Å². The molecular weight excluding hydrogens is 763 g/mol. The molecule has 58 heavy (non-hydrogen) atoms. The number of esters is 1. The van der Waals surface area contributed by atoms with Crippen molar-refractivity contribution in [3.8, 4) is 0 Å². The first kappa shape index (κ1) is 53.8. The molecule has 0 radical (unpaired) electrons. The molecule has 334 valence electrons. The molecule has 0 aliphatic heterocycles. The number of aliphatic hydroxyl groups is 5. The molecule has 13 heteroatoms. The average molecular weight is 841 g/mol. The maximum absolute atomic E-state index is 12.8. The molecule has 0 aromatic carbocycles. The fourth-order valence-electron chi connectivity index (χ4n) is 6.12. The highest BCUT2D eigenvalue weighted by molar-refractivity contribution is 7.47. The third-order valence-corrected chi connectivity index (χ3v) is 10.6. The second-order valence-corrected chi connectivity index (χ2v) is 16.2. The summed E-state index contributed by atoms with van der Waals surface area (Å²) in [5.74, 6) is -0.514. The summed E-state index contributed by atoms with van der Waals surface area (Å²) >= 11 is 0. The molecule has 0 heterocycles. The van der Waals surface area contributed by atoms with Crippen LogP contribution >= 0.6 is 7.82 Å². The lowest BCUT2D eigenvalue weighted by Crippen LogP contribution is -2.64. The van der Waals surface area contributed by atoms with Crippen LogP contribution in [0.3, 0.4) is 0 Å². The minimum atomic E-state index is -5.04. The van der Waals surface area contributed by atoms with Crippen molar-refractivity contribution in [1.29, 1.82) is 0 Å². The van der Waals surface area contributed by atoms with E-state index in [9.17, 15) is 39.8 Å². The second-order valence-electron chi connectivity index (χ2n) is 14.8. The number of rotatable bonds is 35. The Kier molecular flexibility index (Phi) is 33.0. The summed E-state index contributed by atoms with van der Waals surface area (Å²) in [4.78, 5) is 23.1. The normalized spacial score (nSPS) is 23.4. The topological polar surface area (TPSA) is 192 Å². The van der Waals surface area contributed by atoms with Gasteiger partial charge in [-0.05, 0) is 70.6 Å². The van der Waals surface area contributed by atoms with Gasteiger partial charge in [0.05, 0.1) is 19.8 Å². The quantitative estimate of drug-likeness (QED) is 0.0155. The Hall–Kier alpha value is -2.22. The predicted molar refractivity (Wildman–Crippen MR) is 230 cm³/mol. The van der Waals surface area contributed by atoms with Crippen molar-refractivity contribution >= 4 is 13.8 Å². The van der Waals surface area contributed by atoms with Gasteiger partial charge in [-0.25, -0.2) is 4.57 Å². The molecule has 6 unspecified atom stereocenters. The van der Waals surface area contributed by atoms with Crippen LogP contribution in [0.5, 0.6) is 0 Å². The number of allylic oxidation sites excluding steroid dienone is 11. The van der Waals surface area contributed by atoms with Crippen molar-refractivity contribution in [1.82, 2.24) is 0 Å². The first-order valence-corrected chi connectivity index (χ1v) is 23.3. The Morgan fingerprint density at radius 1 is 0.569 bits per heavy atom. The highest BCUT2D eigenvalue weighted by Gasteiger charge is 2.51. The largest absolute Gasteiger partial charge is 0.472 e. The van der Waals surface area contributed by atoms with Crippen LogP contribution in [0.15, 0.2) is 72.9 Å². The Labute approximate surface area is 349 Å². The van der Waals surface area contributed by atoms with E-state index in [-0.39, 0.29) is 13.0 Å². The number of hydrogen-bond donors (Lipinski definition) is 6. The smallest absolute Gasteiger partial charge is 0.457 e. The Morgan fingerprint density at radius 3 is 1.55 bits per heavy atom. The summed E-state index contributed by atoms with van der Waals surface area (Å²) in [6, 6.07) is 0. The molecule has 12 nitrogen and oxygen atoms in total. The maximum atomic E-state index is 12.8. The Morgan fingerprint density at radius 2 is 1.02 bits per heavy atom. The minimum absolute atomic E-state index is 0.138. The number of unbranched alkanes of at least 4 members (excludes halogenated alkanes) is 11. The van der Waals surface area contributed by atoms with Crippen molar-refractivity contribution in [3.05, 3.63) is 72.9 Å². The van der Waals surface area contributed by atoms with Gasteiger partial charge in [0.25, 0.3) is 0 Å². The van der Waals surface area contributed by atoms with Gasteiger partial charge in [-0.1, -0.05) is 138 Å². The van der Waals surface area contributed by atoms with Crippen molar-refractivity contribution in [2.45, 2.75) is 185 Å². The molecule has 1 aliphatic rings. The van der Waals surface area contributed by atoms with Crippen molar-refractivity contribution in [2.24, 2.45) is 0 Å². The summed E-state index contributed by atoms with van der Waals surface area (Å²) in [6.07, 6.45) is 32.8. The van der Waals surface area contributed by atoms with Crippen molar-refractivity contribution < 1.29 is 58.3 Å². The standard InChI is InChI=1S/C45H77O12P/c1-3-5-7-9-11-13-15-17-19-21-23-25-27-29-31-33-35-54-36-38(37-55-58(52,53)57-45-43(50)41(48)40(47)42(49)44(45)51)56-39(46)34-32-30-28-26-24-22-20-18-16-14-12-10-8-6-4-2/h5,7,11,13,17-20,23,25,29,31,38,40-45,47-51H,3-4,6,8-10,12,14-16,21-22,24,26-28,30,32-37H2,1-2H3,(H,52,53)/b7-5-,13-11-,19-17-,20-18-,25-23-,31-29-. The van der Waals surface area contributed by atoms with Crippen LogP contribution < -0.4 is 0 Å². The number of hydrogen-bond acceptors (Lipinski definition) is 11. The van der Waals surface area contributed by atoms with Gasteiger partial charge in [-0.3, -0.25) is 13.8 Å². The van der Waals surface area contributed by atoms with E-state index in [0.29, 0.717) is 19.4 Å². The van der Waals surface area contributed by atoms with E-state index in [1.807, 2.05) is 12.2 Å². The summed E-state index contributed by atoms with van der Waals surface area (Å²) in [5.41, 5.74) is 0. The molecule has 0 amide bonds. The molecule has 1 saturated carbocycles. The lowest BCUT2D eigenvalue weighted by atomic mass is 9.85. The van der Waals surface area contributed by atoms with E-state index in [0.717, 1.165) is 70.6 Å². The van der Waals surface area contributed by atoms with E-state index >= 15 is 0 Å². The highest BCUT2D eigenvalue weighted by Crippen LogP contribution is 2.47. The fourth-order valence-corrected chi connectivity index (χ4v) is 7.09. The lowest BCUT2D eigenvalue weighted by molar-refractivity contribution is -0.220. The van der Waals surface area contributed by atoms with Crippen molar-refractivity contribution in [3.63, 3.8) is 0 Å². The van der Waals surface area contributed by atoms with Crippen LogP contribution in [0, 0.1) is 0 Å². The van der Waals surface area contributed by atoms with Gasteiger partial charge in [0, 0.05) is 6.42 Å². The molecule has 6 atom stereocenters. The van der Waals surface area contributed by atoms with Gasteiger partial charge in [-0.15, -0.1) is 0 Å². The van der Waals surface area contributed by atoms with Gasteiger partial charge in [0.2, 0.25) is 0 Å². The molecule has 1 aliphatic carbocycles. The maximum Gasteiger partial charge on any atom is 0.472 e. The number of aliphatic hydroxyl groups excluding tert-OH is 5. The van der Waals surface area contributed by atoms with Crippen LogP contribution in [-0.2, 0) is 27.9 Å². The van der Waals surface area contributed by atoms with Crippen LogP contribution in [-0.4, -0.2) is 98.9 Å². The zero-order chi connectivity index (χ0) is 42.7. The molecule has 0 aromatic rings. The molecule has 6 N–H and O–H groups in total. The summed E-state index contributed by atoms with van der Waals surface area (Å²) in [6.45, 7) is 3.90. The van der Waals surface area contributed by atoms with E-state index in [1.165, 1.54) is 38.5 Å². The van der Waals surface area contributed by atoms with E-state index in [1.54, 1.807) is 0 Å². The summed E-state index contributed by atoms with van der Waals surface area (Å²) < 4.78 is 34.0. The van der Waals surface area contributed by atoms with E-state index in [4.69, 9.17) is 18.5 Å². The second kappa shape index (κ2) is 35.5. The SMILES string of the molecule is CC/C=C\C/C=C\C/C=C\C/C=C\C/C=C\CCOCC(COP(=O)(O)OC1C(O)C(O)C(O)C(O)C1O)OC(=O)CCCCCCC/C=C\CCCCCCCC. The van der Waals surface area contributed by atoms with Gasteiger partial charge >= 0.3 is 13.8 Å². The third-order valence-electron chi connectivity index (χ3n) is 9.58. The number of phosphoric ester groups is 1. The Bertz CT molecular complexity index is 1230. The monoisotopic (exact) mass is 841 g/mol. The summed E-state index contributed by atoms with van der Waals surface area (Å²) in [5, 5.41) is 50.1. The van der Waals surface area contributed by atoms with Gasteiger partial charge in [0.1, 0.15) is 42.7 Å². The third kappa shape index (κ3) is 27.5. The number of carbonyl (C=O) groups excluding carboxylic acids is 1. The van der Waals surface area contributed by atoms with Gasteiger partial charge in [-0.2, -0.15) is 0 Å². The van der Waals surface area contributed by atoms with Crippen LogP contribution in [0.4, 0.5) is 0 Å². The zero-order valence-electron chi connectivity index (χ0n) is 35.3. The molecule has 0 saturated heterocycles. The van der Waals surface area contributed by atoms with Crippen LogP contribution in [0.25, 0.3) is 0 Å². The lowest BCUT2D eigenvalue weighted by Gasteiger charge is -2.41. The first-order valence-electron chi connectivity index (χ1n) is 21.8. The average Bonchev–Trinajstić information content (AvgIpc) is 3.21. The fraction of sp³-hybridized carbons (Fsp3) is 0.711. The van der Waals surface area contributed by atoms with Crippen LogP contribution in [0.1, 0.15) is 142 Å². The van der Waals surface area contributed by atoms with Crippen molar-refractivity contribution in [2.75, 3.05) is 19.8 Å². The summed E-state index contributed by atoms with van der Waals surface area (Å²) in [7, 11) is -5.04. The number of ether oxygens (including phenoxy) is 2. The minimum Gasteiger partial charge on any atom is -0.457 e. The molecule has 1 rings (SSSR count). The highest BCUT2D eigenvalue weighted by atomic mass is 31.2. The first-order chi connectivity index (χ1) is 28.0. The predicted octanol–water partition coefficient (Wildman–Crippen LogP) is 8.41. The number of carbonyl (C=O) groups is 1. The molecule has 0 spiro atoms. The molecule has 0 bridgehead atoms. The molecular formula is C45H77O12P. The van der Waals surface area contributed by atoms with E-state index < -0.39 is 63.1 Å². The van der Waals surface area contributed by atoms with Gasteiger partial charge in [0.15, 0.2) is 0 Å². The Balaban J connectivity index is 2.50.